The van der Waals surface area contributed by atoms with Crippen molar-refractivity contribution in [3.05, 3.63) is 34.5 Å². The average molecular weight is 231 g/mol. The van der Waals surface area contributed by atoms with Gasteiger partial charge in [0.2, 0.25) is 5.12 Å². The summed E-state index contributed by atoms with van der Waals surface area (Å²) in [5.74, 6) is 0.909. The van der Waals surface area contributed by atoms with Gasteiger partial charge in [0.15, 0.2) is 0 Å². The smallest absolute Gasteiger partial charge is 0.235 e. The molecule has 1 aromatic carbocycles. The summed E-state index contributed by atoms with van der Waals surface area (Å²) in [5.41, 5.74) is 5.66. The third-order valence-corrected chi connectivity index (χ3v) is 4.01. The van der Waals surface area contributed by atoms with E-state index in [1.165, 1.54) is 33.8 Å². The molecule has 3 rings (SSSR count). The molecule has 0 saturated carbocycles. The fourth-order valence-electron chi connectivity index (χ4n) is 2.54. The number of fused-ring (bicyclic) bond motifs is 3. The third kappa shape index (κ3) is 1.31. The van der Waals surface area contributed by atoms with Crippen molar-refractivity contribution < 1.29 is 4.79 Å². The monoisotopic (exact) mass is 231 g/mol. The van der Waals surface area contributed by atoms with Crippen molar-refractivity contribution in [2.24, 2.45) is 0 Å². The summed E-state index contributed by atoms with van der Waals surface area (Å²) in [6, 6.07) is 4.31. The Balaban J connectivity index is 2.40. The van der Waals surface area contributed by atoms with E-state index in [0.29, 0.717) is 0 Å². The largest absolute Gasteiger partial charge is 0.351 e. The van der Waals surface area contributed by atoms with E-state index in [-0.39, 0.29) is 5.12 Å². The third-order valence-electron chi connectivity index (χ3n) is 3.13. The van der Waals surface area contributed by atoms with Crippen LogP contribution in [0, 0.1) is 13.8 Å². The molecule has 82 valence electrons. The van der Waals surface area contributed by atoms with Gasteiger partial charge >= 0.3 is 0 Å². The lowest BCUT2D eigenvalue weighted by Gasteiger charge is -2.09. The summed E-state index contributed by atoms with van der Waals surface area (Å²) in [7, 11) is 0. The second kappa shape index (κ2) is 3.39. The number of thioether (sulfide) groups is 1. The Kier molecular flexibility index (Phi) is 2.11. The second-order valence-corrected chi connectivity index (χ2v) is 5.44. The summed E-state index contributed by atoms with van der Waals surface area (Å²) >= 11 is 1.42. The van der Waals surface area contributed by atoms with Crippen molar-refractivity contribution in [3.8, 4) is 0 Å². The van der Waals surface area contributed by atoms with Crippen LogP contribution in [0.2, 0.25) is 0 Å². The molecule has 1 aromatic heterocycles. The van der Waals surface area contributed by atoms with Crippen molar-refractivity contribution in [2.75, 3.05) is 5.75 Å². The average Bonchev–Trinajstić information content (AvgIpc) is 2.57. The van der Waals surface area contributed by atoms with Crippen LogP contribution in [0.1, 0.15) is 27.2 Å². The Labute approximate surface area is 98.4 Å². The minimum absolute atomic E-state index is 0.189. The van der Waals surface area contributed by atoms with Crippen LogP contribution in [0.3, 0.4) is 0 Å². The number of H-pyrrole nitrogens is 1. The van der Waals surface area contributed by atoms with Gasteiger partial charge in [-0.3, -0.25) is 4.79 Å². The van der Waals surface area contributed by atoms with Crippen LogP contribution in [0.4, 0.5) is 0 Å². The van der Waals surface area contributed by atoms with E-state index >= 15 is 0 Å². The van der Waals surface area contributed by atoms with Gasteiger partial charge < -0.3 is 4.98 Å². The van der Waals surface area contributed by atoms with Gasteiger partial charge in [-0.05, 0) is 43.0 Å². The number of aromatic nitrogens is 1. The molecule has 2 aromatic rings. The number of benzene rings is 1. The summed E-state index contributed by atoms with van der Waals surface area (Å²) in [4.78, 5) is 15.1. The Morgan fingerprint density at radius 3 is 2.94 bits per heavy atom. The molecule has 3 heteroatoms. The minimum atomic E-state index is 0.189. The molecule has 1 N–H and O–H groups in total. The number of hydrogen-bond donors (Lipinski definition) is 1. The Morgan fingerprint density at radius 2 is 2.12 bits per heavy atom. The second-order valence-electron chi connectivity index (χ2n) is 4.37. The van der Waals surface area contributed by atoms with Crippen LogP contribution in [-0.2, 0) is 6.42 Å². The quantitative estimate of drug-likeness (QED) is 0.755. The first kappa shape index (κ1) is 9.97. The molecule has 0 amide bonds. The van der Waals surface area contributed by atoms with Crippen LogP contribution in [-0.4, -0.2) is 15.9 Å². The van der Waals surface area contributed by atoms with Gasteiger partial charge in [-0.2, -0.15) is 0 Å². The lowest BCUT2D eigenvalue weighted by atomic mass is 10.0. The molecule has 1 aliphatic rings. The molecule has 16 heavy (non-hydrogen) atoms. The van der Waals surface area contributed by atoms with Gasteiger partial charge in [0.1, 0.15) is 0 Å². The fourth-order valence-corrected chi connectivity index (χ4v) is 3.35. The molecular weight excluding hydrogens is 218 g/mol. The predicted molar refractivity (Wildman–Crippen MR) is 68.3 cm³/mol. The van der Waals surface area contributed by atoms with Gasteiger partial charge in [0, 0.05) is 16.7 Å². The highest BCUT2D eigenvalue weighted by Crippen LogP contribution is 2.33. The zero-order chi connectivity index (χ0) is 11.3. The van der Waals surface area contributed by atoms with Gasteiger partial charge in [0.25, 0.3) is 0 Å². The van der Waals surface area contributed by atoms with E-state index in [0.717, 1.165) is 23.4 Å². The van der Waals surface area contributed by atoms with Crippen molar-refractivity contribution in [1.82, 2.24) is 4.98 Å². The first-order valence-corrected chi connectivity index (χ1v) is 6.44. The molecule has 0 saturated heterocycles. The molecule has 0 fully saturated rings. The number of carbonyl (C=O) groups excluding carboxylic acids is 1. The summed E-state index contributed by atoms with van der Waals surface area (Å²) in [6.07, 6.45) is 0.996. The van der Waals surface area contributed by atoms with Crippen molar-refractivity contribution >= 4 is 27.8 Å². The number of aryl methyl sites for hydroxylation is 3. The van der Waals surface area contributed by atoms with Crippen LogP contribution in [0.5, 0.6) is 0 Å². The van der Waals surface area contributed by atoms with Crippen molar-refractivity contribution in [1.29, 1.82) is 0 Å². The van der Waals surface area contributed by atoms with Gasteiger partial charge in [-0.25, -0.2) is 0 Å². The lowest BCUT2D eigenvalue weighted by Crippen LogP contribution is -2.07. The zero-order valence-electron chi connectivity index (χ0n) is 9.39. The number of rotatable bonds is 0. The zero-order valence-corrected chi connectivity index (χ0v) is 10.2. The van der Waals surface area contributed by atoms with E-state index in [4.69, 9.17) is 0 Å². The first-order valence-electron chi connectivity index (χ1n) is 5.46. The highest BCUT2D eigenvalue weighted by molar-refractivity contribution is 8.14. The predicted octanol–water partition coefficient (Wildman–Crippen LogP) is 3.21. The first-order chi connectivity index (χ1) is 7.66. The maximum Gasteiger partial charge on any atom is 0.235 e. The number of aromatic amines is 1. The van der Waals surface area contributed by atoms with E-state index in [1.54, 1.807) is 0 Å². The summed E-state index contributed by atoms with van der Waals surface area (Å²) in [5, 5.41) is 1.45. The van der Waals surface area contributed by atoms with Crippen LogP contribution in [0.15, 0.2) is 12.1 Å². The maximum atomic E-state index is 11.8. The molecule has 2 heterocycles. The molecule has 0 spiro atoms. The van der Waals surface area contributed by atoms with E-state index < -0.39 is 0 Å². The standard InChI is InChI=1S/C13H13NOS/c1-7-5-8(2)11-9-3-4-16-13(15)12(9)14-10(11)6-7/h5-6,14H,3-4H2,1-2H3. The summed E-state index contributed by atoms with van der Waals surface area (Å²) < 4.78 is 0. The molecule has 0 unspecified atom stereocenters. The Hall–Kier alpha value is -1.22. The van der Waals surface area contributed by atoms with Gasteiger partial charge in [0.05, 0.1) is 5.69 Å². The van der Waals surface area contributed by atoms with Crippen molar-refractivity contribution in [3.63, 3.8) is 0 Å². The SMILES string of the molecule is Cc1cc(C)c2c3c([nH]c2c1)C(=O)SCC3. The highest BCUT2D eigenvalue weighted by Gasteiger charge is 2.23. The maximum absolute atomic E-state index is 11.8. The van der Waals surface area contributed by atoms with Crippen LogP contribution >= 0.6 is 11.8 Å². The highest BCUT2D eigenvalue weighted by atomic mass is 32.2. The van der Waals surface area contributed by atoms with Crippen molar-refractivity contribution in [2.45, 2.75) is 20.3 Å². The molecule has 2 nitrogen and oxygen atoms in total. The molecule has 0 bridgehead atoms. The fraction of sp³-hybridized carbons (Fsp3) is 0.308. The minimum Gasteiger partial charge on any atom is -0.351 e. The molecule has 0 atom stereocenters. The molecule has 1 aliphatic heterocycles. The van der Waals surface area contributed by atoms with E-state index in [2.05, 4.69) is 31.0 Å². The summed E-state index contributed by atoms with van der Waals surface area (Å²) in [6.45, 7) is 4.21. The normalized spacial score (nSPS) is 15.5. The Bertz CT molecular complexity index is 597. The molecular formula is C13H13NOS. The van der Waals surface area contributed by atoms with Gasteiger partial charge in [-0.15, -0.1) is 0 Å². The molecule has 0 radical (unpaired) electrons. The van der Waals surface area contributed by atoms with Crippen LogP contribution < -0.4 is 0 Å². The Morgan fingerprint density at radius 1 is 1.31 bits per heavy atom. The van der Waals surface area contributed by atoms with E-state index in [1.807, 2.05) is 0 Å². The molecule has 0 aliphatic carbocycles. The van der Waals surface area contributed by atoms with E-state index in [9.17, 15) is 4.79 Å². The van der Waals surface area contributed by atoms with Gasteiger partial charge in [-0.1, -0.05) is 17.8 Å². The number of carbonyl (C=O) groups is 1. The number of nitrogens with one attached hydrogen (secondary N) is 1. The number of hydrogen-bond acceptors (Lipinski definition) is 2. The van der Waals surface area contributed by atoms with Crippen LogP contribution in [0.25, 0.3) is 10.9 Å². The lowest BCUT2D eigenvalue weighted by molar-refractivity contribution is 0.108. The topological polar surface area (TPSA) is 32.9 Å².